The second-order valence-electron chi connectivity index (χ2n) is 14.9. The molecule has 3 heterocycles. The number of nitrogens with zero attached hydrogens (tertiary/aromatic N) is 3. The van der Waals surface area contributed by atoms with Crippen molar-refractivity contribution in [2.75, 3.05) is 39.3 Å². The number of hydrogen-bond acceptors (Lipinski definition) is 5. The van der Waals surface area contributed by atoms with Crippen molar-refractivity contribution in [1.29, 1.82) is 0 Å². The van der Waals surface area contributed by atoms with Crippen LogP contribution in [0.25, 0.3) is 0 Å². The van der Waals surface area contributed by atoms with Crippen LogP contribution in [0.2, 0.25) is 0 Å². The van der Waals surface area contributed by atoms with Gasteiger partial charge < -0.3 is 29.9 Å². The standard InChI is InChI=1S/C30H48N4O5/c1-28(2,3)39-27(38)34-12-8-29(19-34)6-10-32(11-7-29)26(37)33-9-4-5-23(18-33)31-25(36)30-15-20-13-21(16-30)24(35)22(14-20)17-30/h20-24,35H,4-19H2,1-3H3,(H,31,36)/t20?,21-,22?,23+,24?,30-/m1/s1. The predicted molar refractivity (Wildman–Crippen MR) is 146 cm³/mol. The van der Waals surface area contributed by atoms with Crippen molar-refractivity contribution in [2.45, 2.75) is 103 Å². The molecule has 0 aromatic carbocycles. The van der Waals surface area contributed by atoms with E-state index >= 15 is 0 Å². The normalized spacial score (nSPS) is 37.3. The molecule has 3 saturated heterocycles. The van der Waals surface area contributed by atoms with E-state index in [4.69, 9.17) is 4.74 Å². The third kappa shape index (κ3) is 5.24. The highest BCUT2D eigenvalue weighted by molar-refractivity contribution is 5.83. The lowest BCUT2D eigenvalue weighted by Crippen LogP contribution is -2.61. The Morgan fingerprint density at radius 3 is 2.18 bits per heavy atom. The van der Waals surface area contributed by atoms with E-state index in [1.54, 1.807) is 0 Å². The second-order valence-corrected chi connectivity index (χ2v) is 14.9. The molecule has 7 aliphatic rings. The first-order valence-electron chi connectivity index (χ1n) is 15.5. The van der Waals surface area contributed by atoms with E-state index in [1.165, 1.54) is 0 Å². The number of carbonyl (C=O) groups excluding carboxylic acids is 3. The average Bonchev–Trinajstić information content (AvgIpc) is 3.29. The number of urea groups is 1. The van der Waals surface area contributed by atoms with E-state index in [1.807, 2.05) is 35.5 Å². The van der Waals surface area contributed by atoms with Crippen molar-refractivity contribution in [2.24, 2.45) is 28.6 Å². The third-order valence-electron chi connectivity index (χ3n) is 10.9. The fraction of sp³-hybridized carbons (Fsp3) is 0.900. The van der Waals surface area contributed by atoms with Crippen LogP contribution >= 0.6 is 0 Å². The van der Waals surface area contributed by atoms with Crippen molar-refractivity contribution in [3.8, 4) is 0 Å². The molecular formula is C30H48N4O5. The summed E-state index contributed by atoms with van der Waals surface area (Å²) < 4.78 is 5.58. The number of piperidine rings is 2. The summed E-state index contributed by atoms with van der Waals surface area (Å²) in [5.74, 6) is 1.32. The second kappa shape index (κ2) is 9.81. The van der Waals surface area contributed by atoms with Gasteiger partial charge in [-0.2, -0.15) is 0 Å². The van der Waals surface area contributed by atoms with Gasteiger partial charge in [-0.15, -0.1) is 0 Å². The molecule has 7 fully saturated rings. The van der Waals surface area contributed by atoms with Gasteiger partial charge >= 0.3 is 12.1 Å². The molecular weight excluding hydrogens is 496 g/mol. The third-order valence-corrected chi connectivity index (χ3v) is 10.9. The Labute approximate surface area is 233 Å². The Hall–Kier alpha value is -2.03. The zero-order valence-corrected chi connectivity index (χ0v) is 24.1. The van der Waals surface area contributed by atoms with Gasteiger partial charge in [0.05, 0.1) is 11.5 Å². The highest BCUT2D eigenvalue weighted by atomic mass is 16.6. The molecule has 0 aromatic rings. The molecule has 1 spiro atoms. The number of likely N-dealkylation sites (tertiary alicyclic amines) is 3. The highest BCUT2D eigenvalue weighted by Crippen LogP contribution is 2.60. The minimum absolute atomic E-state index is 0.00137. The monoisotopic (exact) mass is 544 g/mol. The lowest BCUT2D eigenvalue weighted by Gasteiger charge is -2.58. The van der Waals surface area contributed by atoms with Gasteiger partial charge in [0.25, 0.3) is 0 Å². The van der Waals surface area contributed by atoms with Crippen molar-refractivity contribution in [3.63, 3.8) is 0 Å². The van der Waals surface area contributed by atoms with Gasteiger partial charge in [-0.05, 0) is 108 Å². The first kappa shape index (κ1) is 27.2. The minimum atomic E-state index is -0.494. The molecule has 3 aliphatic heterocycles. The molecule has 4 amide bonds. The Morgan fingerprint density at radius 2 is 1.54 bits per heavy atom. The smallest absolute Gasteiger partial charge is 0.410 e. The molecule has 9 nitrogen and oxygen atoms in total. The Kier molecular flexibility index (Phi) is 6.83. The fourth-order valence-corrected chi connectivity index (χ4v) is 9.08. The molecule has 4 bridgehead atoms. The van der Waals surface area contributed by atoms with E-state index in [0.29, 0.717) is 32.1 Å². The van der Waals surface area contributed by atoms with Crippen LogP contribution in [0.5, 0.6) is 0 Å². The number of hydrogen-bond donors (Lipinski definition) is 2. The first-order chi connectivity index (χ1) is 18.4. The highest BCUT2D eigenvalue weighted by Gasteiger charge is 2.58. The van der Waals surface area contributed by atoms with Gasteiger partial charge in [0.15, 0.2) is 0 Å². The summed E-state index contributed by atoms with van der Waals surface area (Å²) in [4.78, 5) is 45.4. The van der Waals surface area contributed by atoms with Crippen molar-refractivity contribution in [3.05, 3.63) is 0 Å². The summed E-state index contributed by atoms with van der Waals surface area (Å²) >= 11 is 0. The van der Waals surface area contributed by atoms with Gasteiger partial charge in [-0.25, -0.2) is 9.59 Å². The fourth-order valence-electron chi connectivity index (χ4n) is 9.08. The van der Waals surface area contributed by atoms with Gasteiger partial charge in [0, 0.05) is 45.3 Å². The molecule has 3 unspecified atom stereocenters. The Morgan fingerprint density at radius 1 is 0.897 bits per heavy atom. The molecule has 0 radical (unpaired) electrons. The van der Waals surface area contributed by atoms with Crippen molar-refractivity contribution in [1.82, 2.24) is 20.0 Å². The lowest BCUT2D eigenvalue weighted by atomic mass is 9.48. The van der Waals surface area contributed by atoms with Gasteiger partial charge in [-0.3, -0.25) is 4.79 Å². The molecule has 7 rings (SSSR count). The zero-order chi connectivity index (χ0) is 27.6. The van der Waals surface area contributed by atoms with Crippen molar-refractivity contribution >= 4 is 18.0 Å². The first-order valence-corrected chi connectivity index (χ1v) is 15.5. The van der Waals surface area contributed by atoms with Crippen LogP contribution in [0.15, 0.2) is 0 Å². The summed E-state index contributed by atoms with van der Waals surface area (Å²) in [6, 6.07) is 0.0881. The quantitative estimate of drug-likeness (QED) is 0.553. The largest absolute Gasteiger partial charge is 0.444 e. The van der Waals surface area contributed by atoms with E-state index in [9.17, 15) is 19.5 Å². The molecule has 218 valence electrons. The molecule has 0 aromatic heterocycles. The summed E-state index contributed by atoms with van der Waals surface area (Å²) in [7, 11) is 0. The minimum Gasteiger partial charge on any atom is -0.444 e. The summed E-state index contributed by atoms with van der Waals surface area (Å²) in [6.45, 7) is 9.86. The summed E-state index contributed by atoms with van der Waals surface area (Å²) in [5, 5.41) is 14.0. The molecule has 4 aliphatic carbocycles. The van der Waals surface area contributed by atoms with Crippen LogP contribution in [-0.4, -0.2) is 94.9 Å². The number of nitrogens with one attached hydrogen (secondary N) is 1. The Bertz CT molecular complexity index is 970. The van der Waals surface area contributed by atoms with E-state index in [-0.39, 0.29) is 52.8 Å². The number of carbonyl (C=O) groups is 3. The molecule has 9 heteroatoms. The maximum absolute atomic E-state index is 13.6. The van der Waals surface area contributed by atoms with Crippen LogP contribution in [0.4, 0.5) is 9.59 Å². The summed E-state index contributed by atoms with van der Waals surface area (Å²) in [6.07, 6.45) is 8.90. The van der Waals surface area contributed by atoms with Gasteiger partial charge in [0.2, 0.25) is 5.91 Å². The SMILES string of the molecule is CC(C)(C)OC(=O)N1CCC2(CCN(C(=O)N3CCC[C@H](NC(=O)[C@@]45CC6CC(C4)C(O)[C@H](C6)C5)C3)CC2)C1. The van der Waals surface area contributed by atoms with Crippen LogP contribution in [0.3, 0.4) is 0 Å². The number of ether oxygens (including phenoxy) is 1. The lowest BCUT2D eigenvalue weighted by molar-refractivity contribution is -0.164. The van der Waals surface area contributed by atoms with Crippen molar-refractivity contribution < 1.29 is 24.2 Å². The molecule has 6 atom stereocenters. The van der Waals surface area contributed by atoms with E-state index < -0.39 is 5.60 Å². The van der Waals surface area contributed by atoms with Crippen LogP contribution < -0.4 is 5.32 Å². The maximum atomic E-state index is 13.6. The number of aliphatic hydroxyl groups excluding tert-OH is 1. The average molecular weight is 545 g/mol. The van der Waals surface area contributed by atoms with Gasteiger partial charge in [-0.1, -0.05) is 0 Å². The zero-order valence-electron chi connectivity index (χ0n) is 24.1. The number of rotatable bonds is 2. The number of aliphatic hydroxyl groups is 1. The van der Waals surface area contributed by atoms with Gasteiger partial charge in [0.1, 0.15) is 5.60 Å². The molecule has 39 heavy (non-hydrogen) atoms. The van der Waals surface area contributed by atoms with Crippen LogP contribution in [-0.2, 0) is 9.53 Å². The molecule has 2 N–H and O–H groups in total. The topological polar surface area (TPSA) is 102 Å². The maximum Gasteiger partial charge on any atom is 0.410 e. The van der Waals surface area contributed by atoms with E-state index in [0.717, 1.165) is 77.3 Å². The van der Waals surface area contributed by atoms with Crippen LogP contribution in [0.1, 0.15) is 85.0 Å². The predicted octanol–water partition coefficient (Wildman–Crippen LogP) is 3.60. The van der Waals surface area contributed by atoms with Crippen LogP contribution in [0, 0.1) is 28.6 Å². The Balaban J connectivity index is 0.999. The summed E-state index contributed by atoms with van der Waals surface area (Å²) in [5.41, 5.74) is -0.721. The molecule has 4 saturated carbocycles. The van der Waals surface area contributed by atoms with E-state index in [2.05, 4.69) is 5.32 Å². The number of amides is 4.